The first-order valence-corrected chi connectivity index (χ1v) is 9.41. The highest BCUT2D eigenvalue weighted by Gasteiger charge is 2.27. The molecule has 1 saturated heterocycles. The first-order chi connectivity index (χ1) is 13.4. The number of aryl methyl sites for hydroxylation is 1. The largest absolute Gasteiger partial charge is 0.356 e. The molecule has 0 aliphatic carbocycles. The number of halogens is 1. The summed E-state index contributed by atoms with van der Waals surface area (Å²) in [5.41, 5.74) is 1.85. The van der Waals surface area contributed by atoms with E-state index in [1.165, 1.54) is 0 Å². The van der Waals surface area contributed by atoms with Crippen LogP contribution in [0.4, 0.5) is 11.6 Å². The molecule has 3 rings (SSSR count). The van der Waals surface area contributed by atoms with Gasteiger partial charge in [-0.25, -0.2) is 9.98 Å². The van der Waals surface area contributed by atoms with E-state index in [0.717, 1.165) is 29.8 Å². The predicted molar refractivity (Wildman–Crippen MR) is 125 cm³/mol. The number of amides is 1. The number of aromatic nitrogens is 4. The molecule has 0 unspecified atom stereocenters. The number of rotatable bonds is 5. The summed E-state index contributed by atoms with van der Waals surface area (Å²) < 4.78 is 3.73. The van der Waals surface area contributed by atoms with Gasteiger partial charge < -0.3 is 24.6 Å². The van der Waals surface area contributed by atoms with Crippen molar-refractivity contribution in [2.24, 2.45) is 19.1 Å². The molecule has 1 fully saturated rings. The van der Waals surface area contributed by atoms with E-state index in [4.69, 9.17) is 4.99 Å². The summed E-state index contributed by atoms with van der Waals surface area (Å²) in [5, 5.41) is 7.46. The van der Waals surface area contributed by atoms with Crippen molar-refractivity contribution >= 4 is 47.5 Å². The molecule has 3 heterocycles. The van der Waals surface area contributed by atoms with Crippen molar-refractivity contribution in [2.75, 3.05) is 50.1 Å². The molecule has 2 aromatic rings. The molecule has 0 saturated carbocycles. The summed E-state index contributed by atoms with van der Waals surface area (Å²) in [6.45, 7) is 4.86. The van der Waals surface area contributed by atoms with E-state index in [1.54, 1.807) is 15.8 Å². The molecular formula is C18H30IN9O. The van der Waals surface area contributed by atoms with Gasteiger partial charge in [0.1, 0.15) is 6.54 Å². The zero-order valence-electron chi connectivity index (χ0n) is 17.7. The van der Waals surface area contributed by atoms with Gasteiger partial charge in [0.25, 0.3) is 0 Å². The Hall–Kier alpha value is -2.31. The summed E-state index contributed by atoms with van der Waals surface area (Å²) in [7, 11) is 7.76. The van der Waals surface area contributed by atoms with Crippen molar-refractivity contribution in [3.8, 4) is 0 Å². The van der Waals surface area contributed by atoms with Crippen molar-refractivity contribution < 1.29 is 4.79 Å². The number of hydrogen-bond acceptors (Lipinski definition) is 5. The maximum Gasteiger partial charge on any atom is 0.246 e. The number of nitrogens with zero attached hydrogens (tertiary/aromatic N) is 8. The molecule has 1 aliphatic heterocycles. The van der Waals surface area contributed by atoms with Crippen LogP contribution in [-0.4, -0.2) is 76.4 Å². The molecule has 11 heteroatoms. The minimum atomic E-state index is 0. The van der Waals surface area contributed by atoms with Gasteiger partial charge in [-0.1, -0.05) is 0 Å². The quantitative estimate of drug-likeness (QED) is 0.358. The highest BCUT2D eigenvalue weighted by Crippen LogP contribution is 2.16. The smallest absolute Gasteiger partial charge is 0.246 e. The van der Waals surface area contributed by atoms with Gasteiger partial charge in [0.15, 0.2) is 5.96 Å². The van der Waals surface area contributed by atoms with Gasteiger partial charge in [-0.2, -0.15) is 5.10 Å². The van der Waals surface area contributed by atoms with Gasteiger partial charge in [0, 0.05) is 54.0 Å². The average Bonchev–Trinajstić information content (AvgIpc) is 3.24. The summed E-state index contributed by atoms with van der Waals surface area (Å²) >= 11 is 0. The predicted octanol–water partition coefficient (Wildman–Crippen LogP) is 0.652. The van der Waals surface area contributed by atoms with Crippen LogP contribution in [0, 0.1) is 0 Å². The van der Waals surface area contributed by atoms with Crippen LogP contribution in [-0.2, 0) is 25.4 Å². The van der Waals surface area contributed by atoms with E-state index >= 15 is 0 Å². The summed E-state index contributed by atoms with van der Waals surface area (Å²) in [6.07, 6.45) is 5.42. The lowest BCUT2D eigenvalue weighted by molar-refractivity contribution is -0.120. The van der Waals surface area contributed by atoms with Crippen LogP contribution in [0.25, 0.3) is 0 Å². The molecule has 2 aromatic heterocycles. The molecule has 0 bridgehead atoms. The molecule has 0 spiro atoms. The van der Waals surface area contributed by atoms with Gasteiger partial charge in [-0.15, -0.1) is 24.0 Å². The number of piperazine rings is 1. The SMILES string of the molecule is CCNC(=NCc1cnc(N(C)C)n1C)N1CCN(c2cnn(C)c2)C(=O)C1.I. The second-order valence-electron chi connectivity index (χ2n) is 7.01. The average molecular weight is 515 g/mol. The van der Waals surface area contributed by atoms with Crippen molar-refractivity contribution in [1.82, 2.24) is 29.5 Å². The second kappa shape index (κ2) is 9.94. The summed E-state index contributed by atoms with van der Waals surface area (Å²) in [6, 6.07) is 0. The van der Waals surface area contributed by atoms with Crippen LogP contribution in [0.2, 0.25) is 0 Å². The van der Waals surface area contributed by atoms with Crippen molar-refractivity contribution in [3.63, 3.8) is 0 Å². The van der Waals surface area contributed by atoms with Crippen LogP contribution in [0.15, 0.2) is 23.6 Å². The maximum atomic E-state index is 12.7. The first kappa shape index (κ1) is 23.0. The summed E-state index contributed by atoms with van der Waals surface area (Å²) in [5.74, 6) is 1.67. The van der Waals surface area contributed by atoms with Gasteiger partial charge in [0.05, 0.1) is 30.3 Å². The number of nitrogens with one attached hydrogen (secondary N) is 1. The molecule has 0 aromatic carbocycles. The third-order valence-corrected chi connectivity index (χ3v) is 4.71. The Kier molecular flexibility index (Phi) is 7.88. The Morgan fingerprint density at radius 1 is 1.28 bits per heavy atom. The molecule has 1 amide bonds. The minimum absolute atomic E-state index is 0. The molecule has 29 heavy (non-hydrogen) atoms. The van der Waals surface area contributed by atoms with E-state index in [1.807, 2.05) is 61.9 Å². The lowest BCUT2D eigenvalue weighted by Crippen LogP contribution is -2.55. The highest BCUT2D eigenvalue weighted by molar-refractivity contribution is 14.0. The normalized spacial score (nSPS) is 14.8. The van der Waals surface area contributed by atoms with Crippen LogP contribution < -0.4 is 15.1 Å². The third kappa shape index (κ3) is 5.19. The Morgan fingerprint density at radius 2 is 2.03 bits per heavy atom. The van der Waals surface area contributed by atoms with E-state index in [-0.39, 0.29) is 36.4 Å². The zero-order valence-corrected chi connectivity index (χ0v) is 20.0. The molecule has 0 atom stereocenters. The Balaban J connectivity index is 0.00000300. The molecule has 10 nitrogen and oxygen atoms in total. The number of guanidine groups is 1. The Morgan fingerprint density at radius 3 is 2.59 bits per heavy atom. The van der Waals surface area contributed by atoms with E-state index < -0.39 is 0 Å². The summed E-state index contributed by atoms with van der Waals surface area (Å²) in [4.78, 5) is 27.6. The standard InChI is InChI=1S/C18H29N9O.HI/c1-6-19-17(20-9-14-10-21-18(23(2)3)25(14)5)26-7-8-27(16(28)13-26)15-11-22-24(4)12-15;/h10-12H,6-9,13H2,1-5H3,(H,19,20);1H. The number of aliphatic imine (C=N–C) groups is 1. The topological polar surface area (TPSA) is 86.8 Å². The number of hydrogen-bond donors (Lipinski definition) is 1. The third-order valence-electron chi connectivity index (χ3n) is 4.71. The van der Waals surface area contributed by atoms with Crippen molar-refractivity contribution in [1.29, 1.82) is 0 Å². The molecule has 160 valence electrons. The van der Waals surface area contributed by atoms with Crippen LogP contribution >= 0.6 is 24.0 Å². The van der Waals surface area contributed by atoms with E-state index in [0.29, 0.717) is 19.6 Å². The molecular weight excluding hydrogens is 485 g/mol. The molecule has 0 radical (unpaired) electrons. The van der Waals surface area contributed by atoms with E-state index in [2.05, 4.69) is 15.4 Å². The molecule has 1 N–H and O–H groups in total. The lowest BCUT2D eigenvalue weighted by atomic mass is 10.3. The first-order valence-electron chi connectivity index (χ1n) is 9.41. The van der Waals surface area contributed by atoms with Gasteiger partial charge in [0.2, 0.25) is 11.9 Å². The fourth-order valence-corrected chi connectivity index (χ4v) is 3.25. The van der Waals surface area contributed by atoms with Crippen LogP contribution in [0.3, 0.4) is 0 Å². The van der Waals surface area contributed by atoms with Crippen molar-refractivity contribution in [2.45, 2.75) is 13.5 Å². The van der Waals surface area contributed by atoms with Crippen LogP contribution in [0.1, 0.15) is 12.6 Å². The maximum absolute atomic E-state index is 12.7. The molecule has 1 aliphatic rings. The number of carbonyl (C=O) groups is 1. The Labute approximate surface area is 188 Å². The Bertz CT molecular complexity index is 857. The van der Waals surface area contributed by atoms with Gasteiger partial charge >= 0.3 is 0 Å². The van der Waals surface area contributed by atoms with Crippen LogP contribution in [0.5, 0.6) is 0 Å². The lowest BCUT2D eigenvalue weighted by Gasteiger charge is -2.35. The van der Waals surface area contributed by atoms with Crippen molar-refractivity contribution in [3.05, 3.63) is 24.3 Å². The fraction of sp³-hybridized carbons (Fsp3) is 0.556. The highest BCUT2D eigenvalue weighted by atomic mass is 127. The number of carbonyl (C=O) groups excluding carboxylic acids is 1. The second-order valence-corrected chi connectivity index (χ2v) is 7.01. The zero-order chi connectivity index (χ0) is 20.3. The number of anilines is 2. The van der Waals surface area contributed by atoms with Gasteiger partial charge in [-0.05, 0) is 6.92 Å². The van der Waals surface area contributed by atoms with Gasteiger partial charge in [-0.3, -0.25) is 9.48 Å². The van der Waals surface area contributed by atoms with E-state index in [9.17, 15) is 4.79 Å². The monoisotopic (exact) mass is 515 g/mol. The minimum Gasteiger partial charge on any atom is -0.356 e. The fourth-order valence-electron chi connectivity index (χ4n) is 3.25. The number of imidazole rings is 1.